The molecule has 19 heavy (non-hydrogen) atoms. The van der Waals surface area contributed by atoms with E-state index in [1.807, 2.05) is 12.1 Å². The largest absolute Gasteiger partial charge is 0.309 e. The van der Waals surface area contributed by atoms with E-state index in [9.17, 15) is 8.78 Å². The van der Waals surface area contributed by atoms with Crippen molar-refractivity contribution in [1.29, 1.82) is 0 Å². The van der Waals surface area contributed by atoms with Crippen LogP contribution in [0.5, 0.6) is 0 Å². The molecular weight excluding hydrogens is 264 g/mol. The monoisotopic (exact) mass is 281 g/mol. The SMILES string of the molecule is CCc1ccc(C(NC)c2cc(F)c(C)cc2F)s1. The molecule has 0 aliphatic carbocycles. The number of aryl methyl sites for hydroxylation is 2. The van der Waals surface area contributed by atoms with E-state index in [0.29, 0.717) is 11.1 Å². The molecule has 2 rings (SSSR count). The second kappa shape index (κ2) is 5.80. The minimum absolute atomic E-state index is 0.305. The smallest absolute Gasteiger partial charge is 0.128 e. The Morgan fingerprint density at radius 2 is 1.95 bits per heavy atom. The molecule has 0 saturated carbocycles. The van der Waals surface area contributed by atoms with Gasteiger partial charge in [0.15, 0.2) is 0 Å². The quantitative estimate of drug-likeness (QED) is 0.885. The third-order valence-corrected chi connectivity index (χ3v) is 4.49. The maximum Gasteiger partial charge on any atom is 0.128 e. The van der Waals surface area contributed by atoms with Crippen molar-refractivity contribution < 1.29 is 8.78 Å². The lowest BCUT2D eigenvalue weighted by Crippen LogP contribution is -2.18. The summed E-state index contributed by atoms with van der Waals surface area (Å²) in [7, 11) is 1.76. The Bertz CT molecular complexity index is 578. The van der Waals surface area contributed by atoms with Gasteiger partial charge in [-0.2, -0.15) is 0 Å². The first kappa shape index (κ1) is 14.2. The zero-order chi connectivity index (χ0) is 14.0. The van der Waals surface area contributed by atoms with Gasteiger partial charge in [0.25, 0.3) is 0 Å². The fraction of sp³-hybridized carbons (Fsp3) is 0.333. The van der Waals surface area contributed by atoms with Crippen molar-refractivity contribution >= 4 is 11.3 Å². The van der Waals surface area contributed by atoms with E-state index in [1.165, 1.54) is 17.0 Å². The summed E-state index contributed by atoms with van der Waals surface area (Å²) in [4.78, 5) is 2.24. The molecule has 1 nitrogen and oxygen atoms in total. The lowest BCUT2D eigenvalue weighted by Gasteiger charge is -2.16. The number of hydrogen-bond donors (Lipinski definition) is 1. The van der Waals surface area contributed by atoms with Gasteiger partial charge in [-0.25, -0.2) is 8.78 Å². The van der Waals surface area contributed by atoms with Gasteiger partial charge in [0, 0.05) is 15.3 Å². The average Bonchev–Trinajstić information content (AvgIpc) is 2.85. The summed E-state index contributed by atoms with van der Waals surface area (Å²) in [5, 5.41) is 3.06. The molecule has 1 heterocycles. The van der Waals surface area contributed by atoms with Crippen LogP contribution in [-0.4, -0.2) is 7.05 Å². The van der Waals surface area contributed by atoms with Gasteiger partial charge in [0.05, 0.1) is 6.04 Å². The van der Waals surface area contributed by atoms with Gasteiger partial charge in [0.2, 0.25) is 0 Å². The van der Waals surface area contributed by atoms with Crippen molar-refractivity contribution in [1.82, 2.24) is 5.32 Å². The molecule has 1 aromatic heterocycles. The lowest BCUT2D eigenvalue weighted by atomic mass is 10.0. The Morgan fingerprint density at radius 3 is 2.53 bits per heavy atom. The van der Waals surface area contributed by atoms with Gasteiger partial charge in [0.1, 0.15) is 11.6 Å². The van der Waals surface area contributed by atoms with Crippen LogP contribution < -0.4 is 5.32 Å². The molecule has 0 amide bonds. The van der Waals surface area contributed by atoms with Crippen molar-refractivity contribution in [3.8, 4) is 0 Å². The van der Waals surface area contributed by atoms with Crippen LogP contribution in [0.1, 0.15) is 33.8 Å². The highest BCUT2D eigenvalue weighted by Crippen LogP contribution is 2.31. The van der Waals surface area contributed by atoms with Crippen LogP contribution in [0.25, 0.3) is 0 Å². The molecule has 1 N–H and O–H groups in total. The van der Waals surface area contributed by atoms with Gasteiger partial charge in [-0.15, -0.1) is 11.3 Å². The van der Waals surface area contributed by atoms with Crippen molar-refractivity contribution in [3.63, 3.8) is 0 Å². The third kappa shape index (κ3) is 2.85. The predicted molar refractivity (Wildman–Crippen MR) is 75.7 cm³/mol. The maximum atomic E-state index is 14.0. The molecule has 2 aromatic rings. The molecule has 0 bridgehead atoms. The molecule has 4 heteroatoms. The molecule has 0 aliphatic heterocycles. The van der Waals surface area contributed by atoms with Gasteiger partial charge in [-0.05, 0) is 50.2 Å². The molecule has 0 fully saturated rings. The van der Waals surface area contributed by atoms with E-state index in [0.717, 1.165) is 11.3 Å². The first-order chi connectivity index (χ1) is 9.06. The zero-order valence-corrected chi connectivity index (χ0v) is 12.1. The highest BCUT2D eigenvalue weighted by molar-refractivity contribution is 7.12. The van der Waals surface area contributed by atoms with Crippen LogP contribution in [0.3, 0.4) is 0 Å². The van der Waals surface area contributed by atoms with Crippen LogP contribution in [0, 0.1) is 18.6 Å². The molecule has 0 spiro atoms. The first-order valence-corrected chi connectivity index (χ1v) is 7.09. The summed E-state index contributed by atoms with van der Waals surface area (Å²) in [5.74, 6) is -0.742. The molecule has 0 saturated heterocycles. The van der Waals surface area contributed by atoms with Crippen LogP contribution >= 0.6 is 11.3 Å². The van der Waals surface area contributed by atoms with E-state index in [2.05, 4.69) is 12.2 Å². The highest BCUT2D eigenvalue weighted by Gasteiger charge is 2.19. The molecule has 0 radical (unpaired) electrons. The number of thiophene rings is 1. The molecule has 1 unspecified atom stereocenters. The number of halogens is 2. The van der Waals surface area contributed by atoms with Crippen LogP contribution in [0.4, 0.5) is 8.78 Å². The fourth-order valence-corrected chi connectivity index (χ4v) is 3.16. The minimum Gasteiger partial charge on any atom is -0.309 e. The van der Waals surface area contributed by atoms with Gasteiger partial charge < -0.3 is 5.32 Å². The summed E-state index contributed by atoms with van der Waals surface area (Å²) in [6, 6.07) is 6.25. The molecule has 1 aromatic carbocycles. The summed E-state index contributed by atoms with van der Waals surface area (Å²) in [5.41, 5.74) is 0.687. The lowest BCUT2D eigenvalue weighted by molar-refractivity contribution is 0.556. The topological polar surface area (TPSA) is 12.0 Å². The van der Waals surface area contributed by atoms with E-state index < -0.39 is 0 Å². The van der Waals surface area contributed by atoms with Crippen molar-refractivity contribution in [2.45, 2.75) is 26.3 Å². The number of nitrogens with one attached hydrogen (secondary N) is 1. The molecule has 102 valence electrons. The second-order valence-electron chi connectivity index (χ2n) is 4.50. The van der Waals surface area contributed by atoms with Gasteiger partial charge in [-0.1, -0.05) is 6.92 Å². The number of rotatable bonds is 4. The first-order valence-electron chi connectivity index (χ1n) is 6.28. The minimum atomic E-state index is -0.371. The van der Waals surface area contributed by atoms with Crippen LogP contribution in [-0.2, 0) is 6.42 Å². The summed E-state index contributed by atoms with van der Waals surface area (Å²) in [6.45, 7) is 3.65. The Kier molecular flexibility index (Phi) is 4.32. The molecule has 0 aliphatic rings. The van der Waals surface area contributed by atoms with E-state index in [4.69, 9.17) is 0 Å². The highest BCUT2D eigenvalue weighted by atomic mass is 32.1. The van der Waals surface area contributed by atoms with Gasteiger partial charge in [-0.3, -0.25) is 0 Å². The summed E-state index contributed by atoms with van der Waals surface area (Å²) in [6.07, 6.45) is 0.950. The normalized spacial score (nSPS) is 12.7. The Morgan fingerprint density at radius 1 is 1.21 bits per heavy atom. The van der Waals surface area contributed by atoms with Crippen LogP contribution in [0.2, 0.25) is 0 Å². The predicted octanol–water partition coefficient (Wildman–Crippen LogP) is 4.21. The summed E-state index contributed by atoms with van der Waals surface area (Å²) < 4.78 is 27.7. The average molecular weight is 281 g/mol. The third-order valence-electron chi connectivity index (χ3n) is 3.19. The fourth-order valence-electron chi connectivity index (χ4n) is 2.07. The van der Waals surface area contributed by atoms with Crippen LogP contribution in [0.15, 0.2) is 24.3 Å². The van der Waals surface area contributed by atoms with Crippen molar-refractivity contribution in [3.05, 3.63) is 56.8 Å². The Hall–Kier alpha value is -1.26. The molecular formula is C15H17F2NS. The van der Waals surface area contributed by atoms with Gasteiger partial charge >= 0.3 is 0 Å². The second-order valence-corrected chi connectivity index (χ2v) is 5.70. The molecule has 1 atom stereocenters. The Balaban J connectivity index is 2.44. The Labute approximate surface area is 116 Å². The van der Waals surface area contributed by atoms with Crippen molar-refractivity contribution in [2.75, 3.05) is 7.05 Å². The summed E-state index contributed by atoms with van der Waals surface area (Å²) >= 11 is 1.63. The zero-order valence-electron chi connectivity index (χ0n) is 11.3. The van der Waals surface area contributed by atoms with E-state index in [1.54, 1.807) is 25.3 Å². The van der Waals surface area contributed by atoms with E-state index >= 15 is 0 Å². The number of benzene rings is 1. The van der Waals surface area contributed by atoms with Crippen molar-refractivity contribution in [2.24, 2.45) is 0 Å². The number of hydrogen-bond acceptors (Lipinski definition) is 2. The van der Waals surface area contributed by atoms with E-state index in [-0.39, 0.29) is 17.7 Å². The maximum absolute atomic E-state index is 14.0. The standard InChI is InChI=1S/C15H17F2NS/c1-4-10-5-6-14(19-10)15(18-3)11-8-12(16)9(2)7-13(11)17/h5-8,15,18H,4H2,1-3H3.